The average Bonchev–Trinajstić information content (AvgIpc) is 3.99. The average molecular weight is 845 g/mol. The number of hydrogen-bond donors (Lipinski definition) is 0. The first-order chi connectivity index (χ1) is 31.0. The molecule has 3 aromatic heterocycles. The molecule has 0 unspecified atom stereocenters. The molecule has 5 heterocycles. The molecule has 64 heavy (non-hydrogen) atoms. The lowest BCUT2D eigenvalue weighted by atomic mass is 9.45. The maximum Gasteiger partial charge on any atom is 0.376 e. The molecule has 0 spiro atoms. The Hall–Kier alpha value is -7.02. The van der Waals surface area contributed by atoms with Gasteiger partial charge in [0.05, 0.1) is 11.4 Å². The van der Waals surface area contributed by atoms with E-state index < -0.39 is 0 Å². The first-order valence-electron chi connectivity index (χ1n) is 22.4. The summed E-state index contributed by atoms with van der Waals surface area (Å²) in [6.07, 6.45) is 0. The number of hydrogen-bond acceptors (Lipinski definition) is 5. The predicted molar refractivity (Wildman–Crippen MR) is 273 cm³/mol. The van der Waals surface area contributed by atoms with Gasteiger partial charge in [0.15, 0.2) is 0 Å². The van der Waals surface area contributed by atoms with E-state index in [1.807, 2.05) is 11.3 Å². The van der Waals surface area contributed by atoms with Crippen LogP contribution >= 0.6 is 11.3 Å². The minimum Gasteiger partial charge on any atom is -0.466 e. The van der Waals surface area contributed by atoms with Crippen molar-refractivity contribution in [2.75, 3.05) is 9.71 Å². The van der Waals surface area contributed by atoms with Gasteiger partial charge in [0.1, 0.15) is 22.4 Å². The molecule has 4 nitrogen and oxygen atoms in total. The van der Waals surface area contributed by atoms with E-state index in [0.29, 0.717) is 0 Å². The van der Waals surface area contributed by atoms with Crippen molar-refractivity contribution < 1.29 is 8.83 Å². The van der Waals surface area contributed by atoms with E-state index in [2.05, 4.69) is 215 Å². The van der Waals surface area contributed by atoms with Gasteiger partial charge in [-0.3, -0.25) is 0 Å². The van der Waals surface area contributed by atoms with E-state index in [1.54, 1.807) is 0 Å². The Labute approximate surface area is 377 Å². The van der Waals surface area contributed by atoms with E-state index in [1.165, 1.54) is 47.9 Å². The lowest BCUT2D eigenvalue weighted by Gasteiger charge is -2.44. The molecule has 8 aromatic carbocycles. The standard InChI is InChI=1S/C58H45BN2O2S/c1-57(2,3)35-24-27-37(28-25-35)61-46-31-42-39-19-12-15-23-50(39)64-51(42)33-44(46)52-53-47(32-43-38-18-10-13-21-48(38)62-55(43)52)60(54-40-20-11-14-22-49(40)63-56(54)59(53)61)45-29-26-36(58(4,5)6)30-41(45)34-16-8-7-9-17-34/h7-33H,1-6H3. The summed E-state index contributed by atoms with van der Waals surface area (Å²) in [5, 5.41) is 5.81. The van der Waals surface area contributed by atoms with Crippen molar-refractivity contribution in [1.82, 2.24) is 0 Å². The van der Waals surface area contributed by atoms with Crippen molar-refractivity contribution in [1.29, 1.82) is 0 Å². The van der Waals surface area contributed by atoms with Crippen LogP contribution in [0.4, 0.5) is 28.4 Å². The van der Waals surface area contributed by atoms with Crippen LogP contribution < -0.4 is 20.8 Å². The van der Waals surface area contributed by atoms with Crippen LogP contribution in [0.3, 0.4) is 0 Å². The highest BCUT2D eigenvalue weighted by molar-refractivity contribution is 7.25. The molecule has 0 amide bonds. The number of anilines is 5. The number of benzene rings is 8. The van der Waals surface area contributed by atoms with Crippen molar-refractivity contribution in [2.24, 2.45) is 0 Å². The van der Waals surface area contributed by atoms with Gasteiger partial charge < -0.3 is 18.5 Å². The van der Waals surface area contributed by atoms with Gasteiger partial charge in [0, 0.05) is 70.1 Å². The highest BCUT2D eigenvalue weighted by Gasteiger charge is 2.50. The molecular formula is C58H45BN2O2S. The summed E-state index contributed by atoms with van der Waals surface area (Å²) in [7, 11) is 0. The third kappa shape index (κ3) is 5.36. The molecule has 0 saturated heterocycles. The van der Waals surface area contributed by atoms with Gasteiger partial charge in [-0.2, -0.15) is 0 Å². The number of para-hydroxylation sites is 2. The van der Waals surface area contributed by atoms with Crippen molar-refractivity contribution >= 4 is 111 Å². The van der Waals surface area contributed by atoms with Crippen LogP contribution in [0.2, 0.25) is 0 Å². The van der Waals surface area contributed by atoms with Crippen LogP contribution in [0.1, 0.15) is 52.7 Å². The van der Waals surface area contributed by atoms with Gasteiger partial charge in [-0.25, -0.2) is 0 Å². The largest absolute Gasteiger partial charge is 0.466 e. The Morgan fingerprint density at radius 2 is 1.12 bits per heavy atom. The SMILES string of the molecule is CC(C)(C)c1ccc(N2B3c4oc5ccccc5c4N(c4ccc(C(C)(C)C)cc4-c4ccccc4)c4cc5c(oc6ccccc65)c(c43)-c3cc4sc5ccccc5c4cc32)cc1. The second kappa shape index (κ2) is 13.3. The van der Waals surface area contributed by atoms with Crippen LogP contribution in [-0.4, -0.2) is 6.85 Å². The maximum atomic E-state index is 7.36. The summed E-state index contributed by atoms with van der Waals surface area (Å²) in [5.74, 6) is 0. The minimum atomic E-state index is -0.328. The molecule has 0 fully saturated rings. The fraction of sp³-hybridized carbons (Fsp3) is 0.138. The Bertz CT molecular complexity index is 3710. The number of nitrogens with zero attached hydrogens (tertiary/aromatic N) is 2. The molecule has 13 rings (SSSR count). The van der Waals surface area contributed by atoms with Crippen LogP contribution in [0, 0.1) is 0 Å². The lowest BCUT2D eigenvalue weighted by Crippen LogP contribution is -2.61. The molecule has 0 N–H and O–H groups in total. The Morgan fingerprint density at radius 1 is 0.484 bits per heavy atom. The summed E-state index contributed by atoms with van der Waals surface area (Å²) >= 11 is 1.86. The van der Waals surface area contributed by atoms with E-state index in [9.17, 15) is 0 Å². The Balaban J connectivity index is 1.22. The molecule has 2 aliphatic heterocycles. The zero-order chi connectivity index (χ0) is 43.2. The molecule has 0 aliphatic carbocycles. The second-order valence-corrected chi connectivity index (χ2v) is 20.8. The predicted octanol–water partition coefficient (Wildman–Crippen LogP) is 15.7. The summed E-state index contributed by atoms with van der Waals surface area (Å²) in [4.78, 5) is 5.09. The van der Waals surface area contributed by atoms with E-state index >= 15 is 0 Å². The number of fused-ring (bicyclic) bond motifs is 13. The van der Waals surface area contributed by atoms with Crippen LogP contribution in [0.15, 0.2) is 173 Å². The third-order valence-corrected chi connectivity index (χ3v) is 14.9. The van der Waals surface area contributed by atoms with Gasteiger partial charge in [0.2, 0.25) is 0 Å². The third-order valence-electron chi connectivity index (χ3n) is 13.8. The molecular weight excluding hydrogens is 800 g/mol. The van der Waals surface area contributed by atoms with Crippen molar-refractivity contribution in [3.05, 3.63) is 175 Å². The first-order valence-corrected chi connectivity index (χ1v) is 23.2. The maximum absolute atomic E-state index is 7.36. The molecule has 0 bridgehead atoms. The summed E-state index contributed by atoms with van der Waals surface area (Å²) in [6.45, 7) is 13.4. The summed E-state index contributed by atoms with van der Waals surface area (Å²) in [5.41, 5.74) is 17.4. The van der Waals surface area contributed by atoms with Gasteiger partial charge >= 0.3 is 6.85 Å². The molecule has 0 radical (unpaired) electrons. The van der Waals surface area contributed by atoms with Gasteiger partial charge in [-0.15, -0.1) is 11.3 Å². The lowest BCUT2D eigenvalue weighted by molar-refractivity contribution is 0.590. The van der Waals surface area contributed by atoms with Crippen LogP contribution in [0.25, 0.3) is 75.3 Å². The fourth-order valence-electron chi connectivity index (χ4n) is 10.6. The molecule has 0 saturated carbocycles. The zero-order valence-corrected chi connectivity index (χ0v) is 37.6. The Kier molecular flexibility index (Phi) is 7.78. The Morgan fingerprint density at radius 3 is 1.88 bits per heavy atom. The van der Waals surface area contributed by atoms with E-state index in [-0.39, 0.29) is 17.7 Å². The van der Waals surface area contributed by atoms with E-state index in [0.717, 1.165) is 78.1 Å². The van der Waals surface area contributed by atoms with Crippen molar-refractivity contribution in [2.45, 2.75) is 52.4 Å². The second-order valence-electron chi connectivity index (χ2n) is 19.7. The first kappa shape index (κ1) is 37.5. The number of furan rings is 2. The van der Waals surface area contributed by atoms with Gasteiger partial charge in [-0.05, 0) is 99.7 Å². The number of rotatable bonds is 3. The number of thiophene rings is 1. The summed E-state index contributed by atoms with van der Waals surface area (Å²) in [6, 6.07) is 60.4. The smallest absolute Gasteiger partial charge is 0.376 e. The molecule has 11 aromatic rings. The van der Waals surface area contributed by atoms with Crippen LogP contribution in [0.5, 0.6) is 0 Å². The van der Waals surface area contributed by atoms with E-state index in [4.69, 9.17) is 8.83 Å². The quantitative estimate of drug-likeness (QED) is 0.166. The highest BCUT2D eigenvalue weighted by atomic mass is 32.1. The molecule has 0 atom stereocenters. The van der Waals surface area contributed by atoms with Crippen molar-refractivity contribution in [3.63, 3.8) is 0 Å². The molecule has 2 aliphatic rings. The zero-order valence-electron chi connectivity index (χ0n) is 36.8. The monoisotopic (exact) mass is 844 g/mol. The normalized spacial score (nSPS) is 13.7. The van der Waals surface area contributed by atoms with Gasteiger partial charge in [0.25, 0.3) is 0 Å². The molecule has 308 valence electrons. The highest BCUT2D eigenvalue weighted by Crippen LogP contribution is 2.55. The summed E-state index contributed by atoms with van der Waals surface area (Å²) < 4.78 is 17.0. The van der Waals surface area contributed by atoms with Crippen LogP contribution in [-0.2, 0) is 10.8 Å². The molecule has 6 heteroatoms. The fourth-order valence-corrected chi connectivity index (χ4v) is 11.7. The van der Waals surface area contributed by atoms with Gasteiger partial charge in [-0.1, -0.05) is 139 Å². The minimum absolute atomic E-state index is 0.00298. The van der Waals surface area contributed by atoms with Crippen molar-refractivity contribution in [3.8, 4) is 22.3 Å². The topological polar surface area (TPSA) is 32.8 Å².